The van der Waals surface area contributed by atoms with E-state index in [1.807, 2.05) is 46.1 Å². The van der Waals surface area contributed by atoms with Crippen LogP contribution in [0.15, 0.2) is 55.1 Å². The molecular formula is C21H21N7O. The van der Waals surface area contributed by atoms with E-state index >= 15 is 0 Å². The summed E-state index contributed by atoms with van der Waals surface area (Å²) in [5, 5.41) is 8.83. The Morgan fingerprint density at radius 2 is 2.07 bits per heavy atom. The summed E-state index contributed by atoms with van der Waals surface area (Å²) in [5.41, 5.74) is 3.49. The molecule has 4 aromatic rings. The van der Waals surface area contributed by atoms with Gasteiger partial charge in [0.05, 0.1) is 0 Å². The molecule has 1 aliphatic rings. The summed E-state index contributed by atoms with van der Waals surface area (Å²) >= 11 is 0. The van der Waals surface area contributed by atoms with Crippen LogP contribution in [0.3, 0.4) is 0 Å². The van der Waals surface area contributed by atoms with Crippen LogP contribution in [0.5, 0.6) is 0 Å². The highest BCUT2D eigenvalue weighted by Gasteiger charge is 2.29. The van der Waals surface area contributed by atoms with Crippen molar-refractivity contribution in [1.82, 2.24) is 34.3 Å². The summed E-state index contributed by atoms with van der Waals surface area (Å²) < 4.78 is 3.44. The molecule has 29 heavy (non-hydrogen) atoms. The Hall–Kier alpha value is -3.55. The van der Waals surface area contributed by atoms with Crippen molar-refractivity contribution in [2.45, 2.75) is 18.8 Å². The molecule has 1 fully saturated rings. The fraction of sp³-hybridized carbons (Fsp3) is 0.286. The molecule has 1 saturated heterocycles. The van der Waals surface area contributed by atoms with Crippen LogP contribution in [-0.2, 0) is 7.05 Å². The van der Waals surface area contributed by atoms with Gasteiger partial charge in [0.1, 0.15) is 5.69 Å². The van der Waals surface area contributed by atoms with Crippen molar-refractivity contribution in [1.29, 1.82) is 0 Å². The Balaban J connectivity index is 1.40. The molecule has 0 spiro atoms. The number of aryl methyl sites for hydroxylation is 1. The second-order valence-electron chi connectivity index (χ2n) is 7.36. The number of likely N-dealkylation sites (tertiary alicyclic amines) is 1. The number of hydrogen-bond acceptors (Lipinski definition) is 5. The Kier molecular flexibility index (Phi) is 4.31. The zero-order valence-electron chi connectivity index (χ0n) is 16.1. The average molecular weight is 387 g/mol. The fourth-order valence-electron chi connectivity index (χ4n) is 3.90. The van der Waals surface area contributed by atoms with E-state index in [0.29, 0.717) is 12.2 Å². The zero-order valence-corrected chi connectivity index (χ0v) is 16.1. The SMILES string of the molecule is Cn1nccc1C(=O)N1CCC[C@H](c2nc3ccc(-c4cccnc4)cn3n2)C1. The summed E-state index contributed by atoms with van der Waals surface area (Å²) in [7, 11) is 1.79. The molecule has 0 aromatic carbocycles. The number of rotatable bonds is 3. The lowest BCUT2D eigenvalue weighted by Crippen LogP contribution is -2.40. The normalized spacial score (nSPS) is 17.0. The molecule has 0 bridgehead atoms. The smallest absolute Gasteiger partial charge is 0.272 e. The van der Waals surface area contributed by atoms with Gasteiger partial charge < -0.3 is 4.90 Å². The first kappa shape index (κ1) is 17.5. The van der Waals surface area contributed by atoms with E-state index in [-0.39, 0.29) is 11.8 Å². The predicted octanol–water partition coefficient (Wildman–Crippen LogP) is 2.54. The quantitative estimate of drug-likeness (QED) is 0.540. The van der Waals surface area contributed by atoms with E-state index in [4.69, 9.17) is 10.1 Å². The van der Waals surface area contributed by atoms with Crippen LogP contribution in [0.4, 0.5) is 0 Å². The van der Waals surface area contributed by atoms with Crippen LogP contribution in [-0.4, -0.2) is 53.3 Å². The van der Waals surface area contributed by atoms with E-state index in [2.05, 4.69) is 10.1 Å². The molecular weight excluding hydrogens is 366 g/mol. The van der Waals surface area contributed by atoms with Gasteiger partial charge in [0.15, 0.2) is 11.5 Å². The maximum atomic E-state index is 12.8. The first-order chi connectivity index (χ1) is 14.2. The topological polar surface area (TPSA) is 81.2 Å². The molecule has 8 nitrogen and oxygen atoms in total. The van der Waals surface area contributed by atoms with Gasteiger partial charge >= 0.3 is 0 Å². The average Bonchev–Trinajstić information content (AvgIpc) is 3.39. The van der Waals surface area contributed by atoms with Crippen LogP contribution in [0.1, 0.15) is 35.1 Å². The van der Waals surface area contributed by atoms with Gasteiger partial charge in [-0.2, -0.15) is 10.2 Å². The minimum Gasteiger partial charge on any atom is -0.337 e. The largest absolute Gasteiger partial charge is 0.337 e. The number of pyridine rings is 2. The molecule has 0 N–H and O–H groups in total. The number of carbonyl (C=O) groups excluding carboxylic acids is 1. The van der Waals surface area contributed by atoms with Crippen molar-refractivity contribution in [3.05, 3.63) is 66.6 Å². The summed E-state index contributed by atoms with van der Waals surface area (Å²) in [6.45, 7) is 1.37. The van der Waals surface area contributed by atoms with Gasteiger partial charge in [-0.1, -0.05) is 6.07 Å². The Labute approximate surface area is 167 Å². The van der Waals surface area contributed by atoms with Crippen molar-refractivity contribution in [3.8, 4) is 11.1 Å². The van der Waals surface area contributed by atoms with Gasteiger partial charge in [-0.25, -0.2) is 9.50 Å². The van der Waals surface area contributed by atoms with Crippen LogP contribution in [0.2, 0.25) is 0 Å². The molecule has 0 aliphatic carbocycles. The van der Waals surface area contributed by atoms with Crippen LogP contribution in [0.25, 0.3) is 16.8 Å². The van der Waals surface area contributed by atoms with Gasteiger partial charge in [-0.3, -0.25) is 14.5 Å². The Bertz CT molecular complexity index is 1160. The highest BCUT2D eigenvalue weighted by atomic mass is 16.2. The molecule has 5 heterocycles. The van der Waals surface area contributed by atoms with Crippen LogP contribution < -0.4 is 0 Å². The number of nitrogens with zero attached hydrogens (tertiary/aromatic N) is 7. The maximum Gasteiger partial charge on any atom is 0.272 e. The molecule has 8 heteroatoms. The van der Waals surface area contributed by atoms with E-state index in [1.165, 1.54) is 0 Å². The molecule has 1 amide bonds. The second kappa shape index (κ2) is 7.12. The molecule has 0 saturated carbocycles. The lowest BCUT2D eigenvalue weighted by atomic mass is 9.97. The molecule has 5 rings (SSSR count). The van der Waals surface area contributed by atoms with E-state index in [9.17, 15) is 4.79 Å². The Morgan fingerprint density at radius 3 is 2.86 bits per heavy atom. The first-order valence-electron chi connectivity index (χ1n) is 9.73. The highest BCUT2D eigenvalue weighted by molar-refractivity contribution is 5.92. The molecule has 0 unspecified atom stereocenters. The minimum absolute atomic E-state index is 0.0114. The number of aromatic nitrogens is 6. The van der Waals surface area contributed by atoms with Gasteiger partial charge in [-0.05, 0) is 37.1 Å². The summed E-state index contributed by atoms with van der Waals surface area (Å²) in [6.07, 6.45) is 9.13. The van der Waals surface area contributed by atoms with Crippen molar-refractivity contribution < 1.29 is 4.79 Å². The van der Waals surface area contributed by atoms with Gasteiger partial charge in [0.2, 0.25) is 0 Å². The lowest BCUT2D eigenvalue weighted by molar-refractivity contribution is 0.0693. The third kappa shape index (κ3) is 3.26. The Morgan fingerprint density at radius 1 is 1.14 bits per heavy atom. The van der Waals surface area contributed by atoms with E-state index < -0.39 is 0 Å². The fourth-order valence-corrected chi connectivity index (χ4v) is 3.90. The third-order valence-corrected chi connectivity index (χ3v) is 5.46. The van der Waals surface area contributed by atoms with Crippen LogP contribution in [0, 0.1) is 0 Å². The first-order valence-corrected chi connectivity index (χ1v) is 9.73. The minimum atomic E-state index is 0.0114. The van der Waals surface area contributed by atoms with Gasteiger partial charge in [-0.15, -0.1) is 0 Å². The zero-order chi connectivity index (χ0) is 19.8. The lowest BCUT2D eigenvalue weighted by Gasteiger charge is -2.31. The number of fused-ring (bicyclic) bond motifs is 1. The van der Waals surface area contributed by atoms with E-state index in [0.717, 1.165) is 42.0 Å². The summed E-state index contributed by atoms with van der Waals surface area (Å²) in [6, 6.07) is 9.70. The summed E-state index contributed by atoms with van der Waals surface area (Å²) in [5.74, 6) is 0.927. The predicted molar refractivity (Wildman–Crippen MR) is 107 cm³/mol. The van der Waals surface area contributed by atoms with Crippen LogP contribution >= 0.6 is 0 Å². The number of hydrogen-bond donors (Lipinski definition) is 0. The second-order valence-corrected chi connectivity index (χ2v) is 7.36. The number of amides is 1. The monoisotopic (exact) mass is 387 g/mol. The van der Waals surface area contributed by atoms with Gasteiger partial charge in [0, 0.05) is 62.0 Å². The van der Waals surface area contributed by atoms with E-state index in [1.54, 1.807) is 30.2 Å². The molecule has 1 aliphatic heterocycles. The molecule has 146 valence electrons. The molecule has 1 atom stereocenters. The van der Waals surface area contributed by atoms with Crippen molar-refractivity contribution >= 4 is 11.6 Å². The number of carbonyl (C=O) groups is 1. The maximum absolute atomic E-state index is 12.8. The molecule has 4 aromatic heterocycles. The van der Waals surface area contributed by atoms with Crippen molar-refractivity contribution in [2.75, 3.05) is 13.1 Å². The standard InChI is InChI=1S/C21H21N7O/c1-26-18(8-10-23-26)21(29)27-11-3-5-17(13-27)20-24-19-7-6-16(14-28(19)25-20)15-4-2-9-22-12-15/h2,4,6-10,12,14,17H,3,5,11,13H2,1H3/t17-/m0/s1. The number of piperidine rings is 1. The van der Waals surface area contributed by atoms with Gasteiger partial charge in [0.25, 0.3) is 5.91 Å². The van der Waals surface area contributed by atoms with Crippen molar-refractivity contribution in [2.24, 2.45) is 7.05 Å². The highest BCUT2D eigenvalue weighted by Crippen LogP contribution is 2.27. The third-order valence-electron chi connectivity index (χ3n) is 5.46. The van der Waals surface area contributed by atoms with Crippen molar-refractivity contribution in [3.63, 3.8) is 0 Å². The summed E-state index contributed by atoms with van der Waals surface area (Å²) in [4.78, 5) is 23.6. The molecule has 0 radical (unpaired) electrons.